The molecule has 1 aromatic rings. The lowest BCUT2D eigenvalue weighted by Crippen LogP contribution is -2.15. The molecule has 0 saturated carbocycles. The fourth-order valence-corrected chi connectivity index (χ4v) is 1.38. The van der Waals surface area contributed by atoms with E-state index in [1.54, 1.807) is 0 Å². The first-order valence-electron chi connectivity index (χ1n) is 4.72. The second-order valence-electron chi connectivity index (χ2n) is 3.06. The minimum absolute atomic E-state index is 0.442. The Balaban J connectivity index is 2.67. The van der Waals surface area contributed by atoms with Gasteiger partial charge in [-0.1, -0.05) is 42.5 Å². The van der Waals surface area contributed by atoms with Crippen molar-refractivity contribution in [3.05, 3.63) is 48.0 Å². The number of hydrogen-bond acceptors (Lipinski definition) is 1. The molecular weight excluding hydrogens is 158 g/mol. The van der Waals surface area contributed by atoms with Gasteiger partial charge in [-0.05, 0) is 26.0 Å². The lowest BCUT2D eigenvalue weighted by atomic mass is 10.0. The summed E-state index contributed by atoms with van der Waals surface area (Å²) in [6.45, 7) is 2.05. The van der Waals surface area contributed by atoms with Crippen LogP contribution in [-0.2, 0) is 0 Å². The van der Waals surface area contributed by atoms with Crippen LogP contribution in [0.15, 0.2) is 42.5 Å². The van der Waals surface area contributed by atoms with Crippen LogP contribution in [0.3, 0.4) is 0 Å². The molecule has 0 aliphatic carbocycles. The Morgan fingerprint density at radius 2 is 2.00 bits per heavy atom. The molecule has 13 heavy (non-hydrogen) atoms. The van der Waals surface area contributed by atoms with Gasteiger partial charge in [-0.2, -0.15) is 0 Å². The molecule has 0 aliphatic rings. The summed E-state index contributed by atoms with van der Waals surface area (Å²) in [6.07, 6.45) is 5.33. The highest BCUT2D eigenvalue weighted by molar-refractivity contribution is 5.19. The summed E-state index contributed by atoms with van der Waals surface area (Å²) >= 11 is 0. The minimum Gasteiger partial charge on any atom is -0.313 e. The van der Waals surface area contributed by atoms with Gasteiger partial charge in [0.2, 0.25) is 0 Å². The Bertz CT molecular complexity index is 251. The van der Waals surface area contributed by atoms with E-state index in [4.69, 9.17) is 0 Å². The fraction of sp³-hybridized carbons (Fsp3) is 0.333. The average molecular weight is 175 g/mol. The van der Waals surface area contributed by atoms with Crippen molar-refractivity contribution < 1.29 is 0 Å². The van der Waals surface area contributed by atoms with Gasteiger partial charge >= 0.3 is 0 Å². The van der Waals surface area contributed by atoms with Crippen LogP contribution in [0, 0.1) is 0 Å². The summed E-state index contributed by atoms with van der Waals surface area (Å²) < 4.78 is 0. The summed E-state index contributed by atoms with van der Waals surface area (Å²) in [5.41, 5.74) is 1.35. The van der Waals surface area contributed by atoms with Gasteiger partial charge in [0.1, 0.15) is 0 Å². The molecule has 70 valence electrons. The topological polar surface area (TPSA) is 12.0 Å². The maximum Gasteiger partial charge on any atom is 0.0352 e. The molecule has 0 fully saturated rings. The third-order valence-corrected chi connectivity index (χ3v) is 2.16. The number of rotatable bonds is 4. The van der Waals surface area contributed by atoms with Gasteiger partial charge in [0.25, 0.3) is 0 Å². The van der Waals surface area contributed by atoms with Crippen LogP contribution < -0.4 is 5.32 Å². The maximum atomic E-state index is 3.30. The molecule has 0 bridgehead atoms. The molecule has 1 unspecified atom stereocenters. The lowest BCUT2D eigenvalue weighted by molar-refractivity contribution is 0.603. The van der Waals surface area contributed by atoms with Crippen LogP contribution >= 0.6 is 0 Å². The second kappa shape index (κ2) is 5.55. The third-order valence-electron chi connectivity index (χ3n) is 2.16. The average Bonchev–Trinajstić information content (AvgIpc) is 2.21. The first-order valence-corrected chi connectivity index (χ1v) is 4.72. The summed E-state index contributed by atoms with van der Waals surface area (Å²) in [5, 5.41) is 3.30. The molecule has 1 atom stereocenters. The maximum absolute atomic E-state index is 3.30. The predicted molar refractivity (Wildman–Crippen MR) is 57.7 cm³/mol. The van der Waals surface area contributed by atoms with Crippen molar-refractivity contribution in [1.82, 2.24) is 5.32 Å². The normalized spacial score (nSPS) is 13.4. The third kappa shape index (κ3) is 3.03. The van der Waals surface area contributed by atoms with E-state index in [1.807, 2.05) is 13.1 Å². The molecule has 1 aromatic carbocycles. The molecule has 0 spiro atoms. The Morgan fingerprint density at radius 3 is 2.54 bits per heavy atom. The van der Waals surface area contributed by atoms with Gasteiger partial charge in [-0.25, -0.2) is 0 Å². The quantitative estimate of drug-likeness (QED) is 0.694. The molecule has 0 aliphatic heterocycles. The largest absolute Gasteiger partial charge is 0.313 e. The van der Waals surface area contributed by atoms with Crippen molar-refractivity contribution >= 4 is 0 Å². The van der Waals surface area contributed by atoms with Crippen molar-refractivity contribution in [2.45, 2.75) is 19.4 Å². The fourth-order valence-electron chi connectivity index (χ4n) is 1.38. The monoisotopic (exact) mass is 175 g/mol. The standard InChI is InChI=1S/C12H17N/c1-3-4-10-12(13-2)11-8-6-5-7-9-11/h3-9,12-13H,10H2,1-2H3/b4-3+. The molecule has 0 amide bonds. The summed E-state index contributed by atoms with van der Waals surface area (Å²) in [4.78, 5) is 0. The van der Waals surface area contributed by atoms with E-state index in [1.165, 1.54) is 5.56 Å². The van der Waals surface area contributed by atoms with Crippen LogP contribution in [0.25, 0.3) is 0 Å². The smallest absolute Gasteiger partial charge is 0.0352 e. The van der Waals surface area contributed by atoms with Crippen LogP contribution in [0.5, 0.6) is 0 Å². The molecule has 1 nitrogen and oxygen atoms in total. The van der Waals surface area contributed by atoms with E-state index in [0.29, 0.717) is 6.04 Å². The van der Waals surface area contributed by atoms with Crippen LogP contribution in [-0.4, -0.2) is 7.05 Å². The van der Waals surface area contributed by atoms with Crippen LogP contribution in [0.4, 0.5) is 0 Å². The van der Waals surface area contributed by atoms with Crippen molar-refractivity contribution in [3.8, 4) is 0 Å². The zero-order chi connectivity index (χ0) is 9.52. The minimum atomic E-state index is 0.442. The second-order valence-corrected chi connectivity index (χ2v) is 3.06. The van der Waals surface area contributed by atoms with Gasteiger partial charge in [-0.3, -0.25) is 0 Å². The lowest BCUT2D eigenvalue weighted by Gasteiger charge is -2.13. The van der Waals surface area contributed by atoms with Gasteiger partial charge < -0.3 is 5.32 Å². The zero-order valence-corrected chi connectivity index (χ0v) is 8.33. The Morgan fingerprint density at radius 1 is 1.31 bits per heavy atom. The van der Waals surface area contributed by atoms with Crippen molar-refractivity contribution in [1.29, 1.82) is 0 Å². The molecule has 1 heteroatoms. The highest BCUT2D eigenvalue weighted by Crippen LogP contribution is 2.15. The summed E-state index contributed by atoms with van der Waals surface area (Å²) in [7, 11) is 2.00. The summed E-state index contributed by atoms with van der Waals surface area (Å²) in [5.74, 6) is 0. The Kier molecular flexibility index (Phi) is 4.27. The molecule has 1 rings (SSSR count). The molecule has 1 N–H and O–H groups in total. The van der Waals surface area contributed by atoms with E-state index < -0.39 is 0 Å². The van der Waals surface area contributed by atoms with Gasteiger partial charge in [0.15, 0.2) is 0 Å². The van der Waals surface area contributed by atoms with E-state index in [9.17, 15) is 0 Å². The highest BCUT2D eigenvalue weighted by atomic mass is 14.9. The van der Waals surface area contributed by atoms with Crippen LogP contribution in [0.1, 0.15) is 24.9 Å². The van der Waals surface area contributed by atoms with Gasteiger partial charge in [-0.15, -0.1) is 0 Å². The first kappa shape index (κ1) is 10.0. The zero-order valence-electron chi connectivity index (χ0n) is 8.33. The van der Waals surface area contributed by atoms with Crippen LogP contribution in [0.2, 0.25) is 0 Å². The number of benzene rings is 1. The predicted octanol–water partition coefficient (Wildman–Crippen LogP) is 2.91. The molecule has 0 aromatic heterocycles. The van der Waals surface area contributed by atoms with E-state index in [2.05, 4.69) is 48.7 Å². The molecule has 0 heterocycles. The first-order chi connectivity index (χ1) is 6.38. The van der Waals surface area contributed by atoms with Crippen molar-refractivity contribution in [3.63, 3.8) is 0 Å². The van der Waals surface area contributed by atoms with Gasteiger partial charge in [0.05, 0.1) is 0 Å². The number of allylic oxidation sites excluding steroid dienone is 1. The molecule has 0 radical (unpaired) electrons. The van der Waals surface area contributed by atoms with Crippen molar-refractivity contribution in [2.75, 3.05) is 7.05 Å². The highest BCUT2D eigenvalue weighted by Gasteiger charge is 2.04. The van der Waals surface area contributed by atoms with Gasteiger partial charge in [0, 0.05) is 6.04 Å². The molecular formula is C12H17N. The van der Waals surface area contributed by atoms with E-state index in [-0.39, 0.29) is 0 Å². The Labute approximate surface area is 80.5 Å². The SMILES string of the molecule is C/C=C/CC(NC)c1ccccc1. The Hall–Kier alpha value is -1.08. The molecule has 0 saturated heterocycles. The van der Waals surface area contributed by atoms with Crippen molar-refractivity contribution in [2.24, 2.45) is 0 Å². The summed E-state index contributed by atoms with van der Waals surface area (Å²) in [6, 6.07) is 11.0. The number of hydrogen-bond donors (Lipinski definition) is 1. The van der Waals surface area contributed by atoms with E-state index in [0.717, 1.165) is 6.42 Å². The number of nitrogens with one attached hydrogen (secondary N) is 1. The van der Waals surface area contributed by atoms with E-state index >= 15 is 0 Å².